The van der Waals surface area contributed by atoms with Crippen LogP contribution >= 0.6 is 0 Å². The summed E-state index contributed by atoms with van der Waals surface area (Å²) in [5, 5.41) is 0. The topological polar surface area (TPSA) is 18.5 Å². The normalized spacial score (nSPS) is 10.6. The lowest BCUT2D eigenvalue weighted by molar-refractivity contribution is 0.391. The Hall–Kier alpha value is -1.18. The van der Waals surface area contributed by atoms with E-state index in [4.69, 9.17) is 9.47 Å². The summed E-state index contributed by atoms with van der Waals surface area (Å²) >= 11 is 0. The van der Waals surface area contributed by atoms with Gasteiger partial charge < -0.3 is 9.47 Å². The summed E-state index contributed by atoms with van der Waals surface area (Å²) in [6.45, 7) is 8.47. The number of ether oxygens (including phenoxy) is 2. The van der Waals surface area contributed by atoms with Crippen LogP contribution in [0.2, 0.25) is 0 Å². The zero-order valence-electron chi connectivity index (χ0n) is 10.5. The van der Waals surface area contributed by atoms with E-state index >= 15 is 0 Å². The molecule has 2 heteroatoms. The van der Waals surface area contributed by atoms with E-state index < -0.39 is 0 Å². The smallest absolute Gasteiger partial charge is 0.125 e. The molecule has 0 amide bonds. The van der Waals surface area contributed by atoms with E-state index in [1.807, 2.05) is 13.0 Å². The van der Waals surface area contributed by atoms with Crippen LogP contribution in [-0.2, 0) is 0 Å². The molecule has 0 aliphatic carbocycles. The van der Waals surface area contributed by atoms with Gasteiger partial charge in [-0.05, 0) is 37.0 Å². The van der Waals surface area contributed by atoms with E-state index in [1.54, 1.807) is 14.2 Å². The molecule has 0 aromatic heterocycles. The fraction of sp³-hybridized carbons (Fsp3) is 0.538. The van der Waals surface area contributed by atoms with E-state index in [2.05, 4.69) is 20.8 Å². The Kier molecular flexibility index (Phi) is 3.61. The number of rotatable bonds is 3. The number of benzene rings is 1. The van der Waals surface area contributed by atoms with Crippen molar-refractivity contribution in [2.75, 3.05) is 14.2 Å². The molecule has 0 saturated carbocycles. The SMILES string of the molecule is COc1cc(C)c(OC)c(C(C)C)c1C. The first-order valence-electron chi connectivity index (χ1n) is 5.25. The van der Waals surface area contributed by atoms with Gasteiger partial charge in [0, 0.05) is 5.56 Å². The summed E-state index contributed by atoms with van der Waals surface area (Å²) in [7, 11) is 3.43. The van der Waals surface area contributed by atoms with Crippen molar-refractivity contribution < 1.29 is 9.47 Å². The van der Waals surface area contributed by atoms with E-state index in [0.717, 1.165) is 17.1 Å². The van der Waals surface area contributed by atoms with E-state index in [1.165, 1.54) is 11.1 Å². The van der Waals surface area contributed by atoms with Crippen molar-refractivity contribution in [3.05, 3.63) is 22.8 Å². The van der Waals surface area contributed by atoms with Gasteiger partial charge in [-0.2, -0.15) is 0 Å². The van der Waals surface area contributed by atoms with Gasteiger partial charge in [-0.1, -0.05) is 13.8 Å². The Morgan fingerprint density at radius 2 is 1.67 bits per heavy atom. The summed E-state index contributed by atoms with van der Waals surface area (Å²) in [6, 6.07) is 2.03. The highest BCUT2D eigenvalue weighted by Gasteiger charge is 2.16. The maximum atomic E-state index is 5.46. The van der Waals surface area contributed by atoms with Crippen LogP contribution in [0.3, 0.4) is 0 Å². The summed E-state index contributed by atoms with van der Waals surface area (Å²) < 4.78 is 10.8. The standard InChI is InChI=1S/C13H20O2/c1-8(2)12-10(4)11(14-5)7-9(3)13(12)15-6/h7-8H,1-6H3. The van der Waals surface area contributed by atoms with Crippen LogP contribution in [-0.4, -0.2) is 14.2 Å². The van der Waals surface area contributed by atoms with Crippen molar-refractivity contribution in [2.24, 2.45) is 0 Å². The number of aryl methyl sites for hydroxylation is 1. The maximum Gasteiger partial charge on any atom is 0.125 e. The third-order valence-corrected chi connectivity index (χ3v) is 2.73. The van der Waals surface area contributed by atoms with Crippen molar-refractivity contribution in [2.45, 2.75) is 33.6 Å². The molecule has 0 bridgehead atoms. The molecule has 1 aromatic rings. The molecule has 84 valence electrons. The zero-order chi connectivity index (χ0) is 11.6. The Labute approximate surface area is 92.2 Å². The lowest BCUT2D eigenvalue weighted by Crippen LogP contribution is -2.02. The predicted octanol–water partition coefficient (Wildman–Crippen LogP) is 3.44. The first-order chi connectivity index (χ1) is 7.02. The second-order valence-corrected chi connectivity index (χ2v) is 4.12. The van der Waals surface area contributed by atoms with Gasteiger partial charge in [0.15, 0.2) is 0 Å². The van der Waals surface area contributed by atoms with Crippen LogP contribution in [0.15, 0.2) is 6.07 Å². The van der Waals surface area contributed by atoms with Crippen LogP contribution in [0, 0.1) is 13.8 Å². The lowest BCUT2D eigenvalue weighted by Gasteiger charge is -2.19. The molecule has 0 unspecified atom stereocenters. The first kappa shape index (κ1) is 11.9. The Balaban J connectivity index is 3.48. The van der Waals surface area contributed by atoms with E-state index in [0.29, 0.717) is 5.92 Å². The van der Waals surface area contributed by atoms with E-state index in [9.17, 15) is 0 Å². The largest absolute Gasteiger partial charge is 0.496 e. The second-order valence-electron chi connectivity index (χ2n) is 4.12. The van der Waals surface area contributed by atoms with Crippen molar-refractivity contribution in [3.8, 4) is 11.5 Å². The quantitative estimate of drug-likeness (QED) is 0.757. The molecule has 0 spiro atoms. The Morgan fingerprint density at radius 1 is 1.07 bits per heavy atom. The van der Waals surface area contributed by atoms with Gasteiger partial charge in [-0.25, -0.2) is 0 Å². The number of methoxy groups -OCH3 is 2. The minimum Gasteiger partial charge on any atom is -0.496 e. The van der Waals surface area contributed by atoms with Gasteiger partial charge >= 0.3 is 0 Å². The first-order valence-corrected chi connectivity index (χ1v) is 5.25. The maximum absolute atomic E-state index is 5.46. The highest BCUT2D eigenvalue weighted by atomic mass is 16.5. The van der Waals surface area contributed by atoms with Crippen LogP contribution in [0.25, 0.3) is 0 Å². The average Bonchev–Trinajstić information content (AvgIpc) is 2.19. The molecule has 1 aromatic carbocycles. The molecule has 2 nitrogen and oxygen atoms in total. The number of hydrogen-bond acceptors (Lipinski definition) is 2. The monoisotopic (exact) mass is 208 g/mol. The minimum atomic E-state index is 0.439. The average molecular weight is 208 g/mol. The van der Waals surface area contributed by atoms with Gasteiger partial charge in [0.1, 0.15) is 11.5 Å². The fourth-order valence-corrected chi connectivity index (χ4v) is 2.06. The van der Waals surface area contributed by atoms with Crippen LogP contribution in [0.4, 0.5) is 0 Å². The van der Waals surface area contributed by atoms with Crippen LogP contribution < -0.4 is 9.47 Å². The molecule has 0 atom stereocenters. The molecule has 0 heterocycles. The van der Waals surface area contributed by atoms with Gasteiger partial charge in [0.25, 0.3) is 0 Å². The summed E-state index contributed by atoms with van der Waals surface area (Å²) in [5.74, 6) is 2.37. The van der Waals surface area contributed by atoms with Gasteiger partial charge in [0.2, 0.25) is 0 Å². The third kappa shape index (κ3) is 2.09. The van der Waals surface area contributed by atoms with Crippen LogP contribution in [0.5, 0.6) is 11.5 Å². The highest BCUT2D eigenvalue weighted by Crippen LogP contribution is 2.37. The minimum absolute atomic E-state index is 0.439. The third-order valence-electron chi connectivity index (χ3n) is 2.73. The summed E-state index contributed by atoms with van der Waals surface area (Å²) in [4.78, 5) is 0. The van der Waals surface area contributed by atoms with E-state index in [-0.39, 0.29) is 0 Å². The Bertz CT molecular complexity index is 354. The summed E-state index contributed by atoms with van der Waals surface area (Å²) in [6.07, 6.45) is 0. The molecular formula is C13H20O2. The molecule has 0 N–H and O–H groups in total. The molecule has 0 aliphatic rings. The van der Waals surface area contributed by atoms with Crippen molar-refractivity contribution in [1.29, 1.82) is 0 Å². The molecule has 15 heavy (non-hydrogen) atoms. The van der Waals surface area contributed by atoms with Crippen molar-refractivity contribution in [3.63, 3.8) is 0 Å². The molecule has 1 rings (SSSR count). The summed E-state index contributed by atoms with van der Waals surface area (Å²) in [5.41, 5.74) is 3.55. The van der Waals surface area contributed by atoms with Crippen molar-refractivity contribution >= 4 is 0 Å². The van der Waals surface area contributed by atoms with Gasteiger partial charge in [-0.3, -0.25) is 0 Å². The van der Waals surface area contributed by atoms with Crippen molar-refractivity contribution in [1.82, 2.24) is 0 Å². The molecule has 0 radical (unpaired) electrons. The molecular weight excluding hydrogens is 188 g/mol. The zero-order valence-corrected chi connectivity index (χ0v) is 10.5. The van der Waals surface area contributed by atoms with Gasteiger partial charge in [0.05, 0.1) is 14.2 Å². The lowest BCUT2D eigenvalue weighted by atomic mass is 9.93. The van der Waals surface area contributed by atoms with Gasteiger partial charge in [-0.15, -0.1) is 0 Å². The second kappa shape index (κ2) is 4.56. The molecule has 0 aliphatic heterocycles. The van der Waals surface area contributed by atoms with Crippen LogP contribution in [0.1, 0.15) is 36.5 Å². The number of hydrogen-bond donors (Lipinski definition) is 0. The molecule has 0 fully saturated rings. The Morgan fingerprint density at radius 3 is 2.07 bits per heavy atom. The molecule has 0 saturated heterocycles. The predicted molar refractivity (Wildman–Crippen MR) is 63.1 cm³/mol. The highest BCUT2D eigenvalue weighted by molar-refractivity contribution is 5.54. The fourth-order valence-electron chi connectivity index (χ4n) is 2.06.